The fraction of sp³-hybridized carbons (Fsp3) is 0.312. The second kappa shape index (κ2) is 7.27. The molecule has 1 fully saturated rings. The van der Waals surface area contributed by atoms with Gasteiger partial charge in [0, 0.05) is 10.6 Å². The summed E-state index contributed by atoms with van der Waals surface area (Å²) in [5.74, 6) is 1.45. The van der Waals surface area contributed by atoms with Crippen LogP contribution in [0, 0.1) is 0 Å². The number of rotatable bonds is 6. The standard InChI is InChI=1S/C16H16ClN3O3S/c1-24-7-6-12-15(21)20(16(22)19-12)9-14-18-8-13(23-14)10-2-4-11(17)5-3-10/h2-5,8,12H,6-7,9H2,1H3,(H,19,22). The molecule has 1 aliphatic heterocycles. The molecular weight excluding hydrogens is 350 g/mol. The van der Waals surface area contributed by atoms with E-state index >= 15 is 0 Å². The van der Waals surface area contributed by atoms with Crippen molar-refractivity contribution in [2.45, 2.75) is 19.0 Å². The van der Waals surface area contributed by atoms with Gasteiger partial charge in [0.25, 0.3) is 5.91 Å². The summed E-state index contributed by atoms with van der Waals surface area (Å²) in [5, 5.41) is 3.33. The Morgan fingerprint density at radius 2 is 2.08 bits per heavy atom. The normalized spacial score (nSPS) is 17.4. The Balaban J connectivity index is 1.69. The van der Waals surface area contributed by atoms with Crippen molar-refractivity contribution in [3.05, 3.63) is 41.4 Å². The molecule has 0 saturated carbocycles. The first-order valence-electron chi connectivity index (χ1n) is 7.40. The lowest BCUT2D eigenvalue weighted by atomic mass is 10.2. The molecule has 3 rings (SSSR count). The Morgan fingerprint density at radius 1 is 1.33 bits per heavy atom. The van der Waals surface area contributed by atoms with Gasteiger partial charge in [-0.25, -0.2) is 9.78 Å². The SMILES string of the molecule is CSCCC1NC(=O)N(Cc2ncc(-c3ccc(Cl)cc3)o2)C1=O. The van der Waals surface area contributed by atoms with Crippen molar-refractivity contribution in [3.63, 3.8) is 0 Å². The van der Waals surface area contributed by atoms with E-state index in [1.165, 1.54) is 0 Å². The third-order valence-corrected chi connectivity index (χ3v) is 4.59. The highest BCUT2D eigenvalue weighted by molar-refractivity contribution is 7.98. The van der Waals surface area contributed by atoms with E-state index in [2.05, 4.69) is 10.3 Å². The van der Waals surface area contributed by atoms with Gasteiger partial charge in [0.1, 0.15) is 12.6 Å². The Bertz CT molecular complexity index is 747. The number of urea groups is 1. The third-order valence-electron chi connectivity index (χ3n) is 3.69. The molecule has 1 unspecified atom stereocenters. The molecule has 1 saturated heterocycles. The molecule has 2 aromatic rings. The van der Waals surface area contributed by atoms with Gasteiger partial charge in [-0.1, -0.05) is 11.6 Å². The molecule has 126 valence electrons. The quantitative estimate of drug-likeness (QED) is 0.796. The maximum absolute atomic E-state index is 12.3. The molecule has 0 radical (unpaired) electrons. The third kappa shape index (κ3) is 3.57. The number of nitrogens with zero attached hydrogens (tertiary/aromatic N) is 2. The largest absolute Gasteiger partial charge is 0.439 e. The topological polar surface area (TPSA) is 75.4 Å². The predicted molar refractivity (Wildman–Crippen MR) is 92.8 cm³/mol. The molecule has 6 nitrogen and oxygen atoms in total. The number of hydrogen-bond donors (Lipinski definition) is 1. The maximum Gasteiger partial charge on any atom is 0.325 e. The van der Waals surface area contributed by atoms with Crippen molar-refractivity contribution in [1.82, 2.24) is 15.2 Å². The second-order valence-electron chi connectivity index (χ2n) is 5.33. The van der Waals surface area contributed by atoms with Crippen LogP contribution >= 0.6 is 23.4 Å². The predicted octanol–water partition coefficient (Wildman–Crippen LogP) is 3.17. The zero-order valence-electron chi connectivity index (χ0n) is 13.0. The molecular formula is C16H16ClN3O3S. The summed E-state index contributed by atoms with van der Waals surface area (Å²) in [7, 11) is 0. The van der Waals surface area contributed by atoms with Crippen molar-refractivity contribution in [3.8, 4) is 11.3 Å². The van der Waals surface area contributed by atoms with Gasteiger partial charge in [-0.2, -0.15) is 11.8 Å². The zero-order chi connectivity index (χ0) is 17.1. The van der Waals surface area contributed by atoms with E-state index in [0.29, 0.717) is 23.1 Å². The second-order valence-corrected chi connectivity index (χ2v) is 6.76. The molecule has 2 heterocycles. The van der Waals surface area contributed by atoms with Gasteiger partial charge >= 0.3 is 6.03 Å². The summed E-state index contributed by atoms with van der Waals surface area (Å²) in [4.78, 5) is 29.6. The summed E-state index contributed by atoms with van der Waals surface area (Å²) in [6.45, 7) is 0.0218. The van der Waals surface area contributed by atoms with E-state index in [-0.39, 0.29) is 12.5 Å². The smallest absolute Gasteiger partial charge is 0.325 e. The van der Waals surface area contributed by atoms with Crippen molar-refractivity contribution >= 4 is 35.3 Å². The lowest BCUT2D eigenvalue weighted by Crippen LogP contribution is -2.31. The van der Waals surface area contributed by atoms with Gasteiger partial charge in [0.2, 0.25) is 5.89 Å². The molecule has 1 aromatic carbocycles. The minimum absolute atomic E-state index is 0.0218. The Labute approximate surface area is 148 Å². The van der Waals surface area contributed by atoms with Crippen LogP contribution in [0.4, 0.5) is 4.79 Å². The van der Waals surface area contributed by atoms with Crippen molar-refractivity contribution < 1.29 is 14.0 Å². The fourth-order valence-electron chi connectivity index (χ4n) is 2.42. The Morgan fingerprint density at radius 3 is 2.79 bits per heavy atom. The number of oxazole rings is 1. The molecule has 1 aromatic heterocycles. The highest BCUT2D eigenvalue weighted by Crippen LogP contribution is 2.23. The summed E-state index contributed by atoms with van der Waals surface area (Å²) >= 11 is 7.50. The molecule has 24 heavy (non-hydrogen) atoms. The molecule has 1 N–H and O–H groups in total. The zero-order valence-corrected chi connectivity index (χ0v) is 14.6. The molecule has 8 heteroatoms. The average Bonchev–Trinajstić information content (AvgIpc) is 3.14. The highest BCUT2D eigenvalue weighted by Gasteiger charge is 2.38. The maximum atomic E-state index is 12.3. The summed E-state index contributed by atoms with van der Waals surface area (Å²) < 4.78 is 5.65. The molecule has 0 spiro atoms. The minimum atomic E-state index is -0.462. The van der Waals surface area contributed by atoms with E-state index in [0.717, 1.165) is 16.2 Å². The number of carbonyl (C=O) groups excluding carboxylic acids is 2. The number of aromatic nitrogens is 1. The Hall–Kier alpha value is -1.99. The van der Waals surface area contributed by atoms with Gasteiger partial charge in [-0.15, -0.1) is 0 Å². The van der Waals surface area contributed by atoms with Crippen LogP contribution in [0.3, 0.4) is 0 Å². The van der Waals surface area contributed by atoms with Crippen LogP contribution in [0.1, 0.15) is 12.3 Å². The number of halogens is 1. The van der Waals surface area contributed by atoms with E-state index < -0.39 is 12.1 Å². The van der Waals surface area contributed by atoms with Crippen LogP contribution < -0.4 is 5.32 Å². The van der Waals surface area contributed by atoms with Gasteiger partial charge in [-0.05, 0) is 42.7 Å². The van der Waals surface area contributed by atoms with Gasteiger partial charge in [-0.3, -0.25) is 9.69 Å². The van der Waals surface area contributed by atoms with Gasteiger partial charge in [0.05, 0.1) is 6.20 Å². The van der Waals surface area contributed by atoms with E-state index in [1.54, 1.807) is 30.1 Å². The number of imide groups is 1. The molecule has 0 aliphatic carbocycles. The summed E-state index contributed by atoms with van der Waals surface area (Å²) in [6.07, 6.45) is 4.15. The van der Waals surface area contributed by atoms with E-state index in [4.69, 9.17) is 16.0 Å². The first kappa shape index (κ1) is 16.9. The summed E-state index contributed by atoms with van der Waals surface area (Å²) in [5.41, 5.74) is 0.827. The molecule has 1 atom stereocenters. The number of amides is 3. The van der Waals surface area contributed by atoms with Gasteiger partial charge < -0.3 is 9.73 Å². The first-order chi connectivity index (χ1) is 11.6. The van der Waals surface area contributed by atoms with Crippen molar-refractivity contribution in [2.75, 3.05) is 12.0 Å². The summed E-state index contributed by atoms with van der Waals surface area (Å²) in [6, 6.07) is 6.28. The highest BCUT2D eigenvalue weighted by atomic mass is 35.5. The lowest BCUT2D eigenvalue weighted by Gasteiger charge is -2.10. The van der Waals surface area contributed by atoms with Crippen LogP contribution in [-0.2, 0) is 11.3 Å². The van der Waals surface area contributed by atoms with Crippen molar-refractivity contribution in [1.29, 1.82) is 0 Å². The molecule has 3 amide bonds. The number of nitrogens with one attached hydrogen (secondary N) is 1. The van der Waals surface area contributed by atoms with Crippen LogP contribution in [-0.4, -0.2) is 39.9 Å². The number of benzene rings is 1. The molecule has 1 aliphatic rings. The average molecular weight is 366 g/mol. The van der Waals surface area contributed by atoms with Crippen LogP contribution in [0.2, 0.25) is 5.02 Å². The number of hydrogen-bond acceptors (Lipinski definition) is 5. The lowest BCUT2D eigenvalue weighted by molar-refractivity contribution is -0.128. The fourth-order valence-corrected chi connectivity index (χ4v) is 3.02. The van der Waals surface area contributed by atoms with Crippen molar-refractivity contribution in [2.24, 2.45) is 0 Å². The van der Waals surface area contributed by atoms with E-state index in [1.807, 2.05) is 18.4 Å². The number of carbonyl (C=O) groups is 2. The first-order valence-corrected chi connectivity index (χ1v) is 9.17. The van der Waals surface area contributed by atoms with Crippen LogP contribution in [0.15, 0.2) is 34.9 Å². The van der Waals surface area contributed by atoms with E-state index in [9.17, 15) is 9.59 Å². The minimum Gasteiger partial charge on any atom is -0.439 e. The molecule has 0 bridgehead atoms. The van der Waals surface area contributed by atoms with Gasteiger partial charge in [0.15, 0.2) is 5.76 Å². The van der Waals surface area contributed by atoms with Crippen LogP contribution in [0.5, 0.6) is 0 Å². The monoisotopic (exact) mass is 365 g/mol. The Kier molecular flexibility index (Phi) is 5.11. The number of thioether (sulfide) groups is 1. The van der Waals surface area contributed by atoms with Crippen LogP contribution in [0.25, 0.3) is 11.3 Å².